The van der Waals surface area contributed by atoms with E-state index in [2.05, 4.69) is 5.32 Å². The highest BCUT2D eigenvalue weighted by Gasteiger charge is 2.28. The van der Waals surface area contributed by atoms with Gasteiger partial charge in [0.05, 0.1) is 19.6 Å². The Labute approximate surface area is 141 Å². The number of hydrogen-bond donors (Lipinski definition) is 2. The summed E-state index contributed by atoms with van der Waals surface area (Å²) >= 11 is 0. The lowest BCUT2D eigenvalue weighted by Gasteiger charge is -2.23. The van der Waals surface area contributed by atoms with Crippen molar-refractivity contribution in [2.24, 2.45) is 5.92 Å². The predicted molar refractivity (Wildman–Crippen MR) is 86.9 cm³/mol. The molecule has 0 saturated heterocycles. The molecule has 0 unspecified atom stereocenters. The second kappa shape index (κ2) is 10.4. The zero-order valence-electron chi connectivity index (χ0n) is 14.0. The Hall–Kier alpha value is -2.41. The van der Waals surface area contributed by atoms with E-state index >= 15 is 0 Å². The Morgan fingerprint density at radius 2 is 2.00 bits per heavy atom. The maximum absolute atomic E-state index is 12.5. The van der Waals surface area contributed by atoms with Crippen molar-refractivity contribution in [2.75, 3.05) is 13.7 Å². The molecule has 0 aliphatic rings. The molecule has 7 heteroatoms. The summed E-state index contributed by atoms with van der Waals surface area (Å²) in [4.78, 5) is 35.1. The number of hydroxylamine groups is 2. The third kappa shape index (κ3) is 6.00. The number of rotatable bonds is 10. The maximum atomic E-state index is 12.5. The van der Waals surface area contributed by atoms with Crippen molar-refractivity contribution in [1.82, 2.24) is 10.4 Å². The van der Waals surface area contributed by atoms with Gasteiger partial charge in [0.25, 0.3) is 0 Å². The molecule has 0 fully saturated rings. The molecule has 0 aromatic heterocycles. The molecule has 0 aliphatic heterocycles. The lowest BCUT2D eigenvalue weighted by atomic mass is 9.99. The molecule has 0 bridgehead atoms. The van der Waals surface area contributed by atoms with Crippen molar-refractivity contribution >= 4 is 18.3 Å². The topological polar surface area (TPSA) is 95.9 Å². The molecule has 132 valence electrons. The maximum Gasteiger partial charge on any atom is 0.333 e. The normalized spacial score (nSPS) is 12.8. The first-order valence-corrected chi connectivity index (χ1v) is 7.87. The molecule has 2 amide bonds. The minimum atomic E-state index is -0.934. The number of amides is 2. The van der Waals surface area contributed by atoms with Gasteiger partial charge in [-0.1, -0.05) is 50.1 Å². The highest BCUT2D eigenvalue weighted by atomic mass is 16.5. The fraction of sp³-hybridized carbons (Fsp3) is 0.471. The standard InChI is InChI=1S/C17H24N2O5/c1-3-4-8-14(11-19(23)12-20)16(21)18-15(17(22)24-2)13-9-6-5-7-10-13/h5-7,9-10,12,14-15,23H,3-4,8,11H2,1-2H3,(H,18,21)/t14-,15+/m1/s1. The Bertz CT molecular complexity index is 535. The number of nitrogens with zero attached hydrogens (tertiary/aromatic N) is 1. The van der Waals surface area contributed by atoms with Crippen LogP contribution in [-0.4, -0.2) is 42.2 Å². The van der Waals surface area contributed by atoms with Gasteiger partial charge in [0.15, 0.2) is 6.04 Å². The van der Waals surface area contributed by atoms with Gasteiger partial charge in [-0.2, -0.15) is 0 Å². The first kappa shape index (κ1) is 19.6. The molecule has 2 atom stereocenters. The van der Waals surface area contributed by atoms with E-state index in [1.807, 2.05) is 6.92 Å². The van der Waals surface area contributed by atoms with Crippen LogP contribution in [0, 0.1) is 5.92 Å². The third-order valence-corrected chi connectivity index (χ3v) is 3.66. The van der Waals surface area contributed by atoms with E-state index in [1.165, 1.54) is 7.11 Å². The number of benzene rings is 1. The Morgan fingerprint density at radius 3 is 2.54 bits per heavy atom. The predicted octanol–water partition coefficient (Wildman–Crippen LogP) is 1.67. The highest BCUT2D eigenvalue weighted by molar-refractivity contribution is 5.86. The number of ether oxygens (including phenoxy) is 1. The van der Waals surface area contributed by atoms with Gasteiger partial charge in [0, 0.05) is 0 Å². The molecule has 2 N–H and O–H groups in total. The van der Waals surface area contributed by atoms with Gasteiger partial charge in [-0.15, -0.1) is 0 Å². The molecule has 0 radical (unpaired) electrons. The molecule has 24 heavy (non-hydrogen) atoms. The van der Waals surface area contributed by atoms with Crippen LogP contribution in [0.4, 0.5) is 0 Å². The summed E-state index contributed by atoms with van der Waals surface area (Å²) in [6.07, 6.45) is 2.38. The molecular weight excluding hydrogens is 312 g/mol. The monoisotopic (exact) mass is 336 g/mol. The van der Waals surface area contributed by atoms with Crippen molar-refractivity contribution in [3.05, 3.63) is 35.9 Å². The number of methoxy groups -OCH3 is 1. The fourth-order valence-corrected chi connectivity index (χ4v) is 2.33. The second-order valence-corrected chi connectivity index (χ2v) is 5.44. The van der Waals surface area contributed by atoms with Gasteiger partial charge < -0.3 is 10.1 Å². The van der Waals surface area contributed by atoms with Gasteiger partial charge in [-0.05, 0) is 12.0 Å². The van der Waals surface area contributed by atoms with Crippen LogP contribution in [0.5, 0.6) is 0 Å². The Morgan fingerprint density at radius 1 is 1.33 bits per heavy atom. The van der Waals surface area contributed by atoms with Gasteiger partial charge in [-0.25, -0.2) is 9.86 Å². The van der Waals surface area contributed by atoms with E-state index in [0.29, 0.717) is 17.0 Å². The summed E-state index contributed by atoms with van der Waals surface area (Å²) in [5.74, 6) is -1.61. The largest absolute Gasteiger partial charge is 0.467 e. The summed E-state index contributed by atoms with van der Waals surface area (Å²) in [5, 5.41) is 12.5. The van der Waals surface area contributed by atoms with E-state index in [4.69, 9.17) is 4.74 Å². The molecule has 0 spiro atoms. The van der Waals surface area contributed by atoms with Gasteiger partial charge in [-0.3, -0.25) is 14.8 Å². The molecular formula is C17H24N2O5. The van der Waals surface area contributed by atoms with Gasteiger partial charge in [0.2, 0.25) is 12.3 Å². The molecule has 0 heterocycles. The number of esters is 1. The van der Waals surface area contributed by atoms with Crippen molar-refractivity contribution < 1.29 is 24.3 Å². The van der Waals surface area contributed by atoms with E-state index in [9.17, 15) is 19.6 Å². The smallest absolute Gasteiger partial charge is 0.333 e. The first-order valence-electron chi connectivity index (χ1n) is 7.87. The summed E-state index contributed by atoms with van der Waals surface area (Å²) in [6.45, 7) is 1.85. The highest BCUT2D eigenvalue weighted by Crippen LogP contribution is 2.17. The zero-order valence-corrected chi connectivity index (χ0v) is 14.0. The third-order valence-electron chi connectivity index (χ3n) is 3.66. The Kier molecular flexibility index (Phi) is 8.49. The number of nitrogens with one attached hydrogen (secondary N) is 1. The van der Waals surface area contributed by atoms with Crippen LogP contribution in [-0.2, 0) is 19.1 Å². The SMILES string of the molecule is CCCC[C@H](CN(O)C=O)C(=O)N[C@H](C(=O)OC)c1ccccc1. The minimum Gasteiger partial charge on any atom is -0.467 e. The Balaban J connectivity index is 2.90. The molecule has 1 aromatic carbocycles. The minimum absolute atomic E-state index is 0.127. The van der Waals surface area contributed by atoms with Crippen molar-refractivity contribution in [1.29, 1.82) is 0 Å². The molecule has 0 saturated carbocycles. The fourth-order valence-electron chi connectivity index (χ4n) is 2.33. The van der Waals surface area contributed by atoms with Crippen LogP contribution in [0.1, 0.15) is 37.8 Å². The summed E-state index contributed by atoms with van der Waals surface area (Å²) in [7, 11) is 1.25. The molecule has 1 aromatic rings. The summed E-state index contributed by atoms with van der Waals surface area (Å²) in [5.41, 5.74) is 0.600. The van der Waals surface area contributed by atoms with Crippen LogP contribution in [0.15, 0.2) is 30.3 Å². The molecule has 1 rings (SSSR count). The van der Waals surface area contributed by atoms with Crippen molar-refractivity contribution in [3.8, 4) is 0 Å². The molecule has 7 nitrogen and oxygen atoms in total. The van der Waals surface area contributed by atoms with Crippen molar-refractivity contribution in [3.63, 3.8) is 0 Å². The second-order valence-electron chi connectivity index (χ2n) is 5.44. The summed E-state index contributed by atoms with van der Waals surface area (Å²) < 4.78 is 4.76. The summed E-state index contributed by atoms with van der Waals surface area (Å²) in [6, 6.07) is 7.81. The van der Waals surface area contributed by atoms with Crippen LogP contribution >= 0.6 is 0 Å². The number of hydrogen-bond acceptors (Lipinski definition) is 5. The van der Waals surface area contributed by atoms with E-state index in [0.717, 1.165) is 12.8 Å². The lowest BCUT2D eigenvalue weighted by Crippen LogP contribution is -2.41. The lowest BCUT2D eigenvalue weighted by molar-refractivity contribution is -0.155. The van der Waals surface area contributed by atoms with E-state index in [1.54, 1.807) is 30.3 Å². The van der Waals surface area contributed by atoms with E-state index < -0.39 is 23.8 Å². The zero-order chi connectivity index (χ0) is 17.9. The van der Waals surface area contributed by atoms with Crippen LogP contribution in [0.3, 0.4) is 0 Å². The number of unbranched alkanes of at least 4 members (excludes halogenated alkanes) is 1. The van der Waals surface area contributed by atoms with E-state index in [-0.39, 0.29) is 13.0 Å². The van der Waals surface area contributed by atoms with Crippen LogP contribution < -0.4 is 5.32 Å². The van der Waals surface area contributed by atoms with Crippen molar-refractivity contribution in [2.45, 2.75) is 32.2 Å². The van der Waals surface area contributed by atoms with Gasteiger partial charge >= 0.3 is 5.97 Å². The average Bonchev–Trinajstić information content (AvgIpc) is 2.62. The average molecular weight is 336 g/mol. The first-order chi connectivity index (χ1) is 11.5. The van der Waals surface area contributed by atoms with Crippen LogP contribution in [0.25, 0.3) is 0 Å². The number of carbonyl (C=O) groups excluding carboxylic acids is 3. The van der Waals surface area contributed by atoms with Crippen LogP contribution in [0.2, 0.25) is 0 Å². The molecule has 0 aliphatic carbocycles. The quantitative estimate of drug-likeness (QED) is 0.293. The van der Waals surface area contributed by atoms with Gasteiger partial charge in [0.1, 0.15) is 0 Å². The number of carbonyl (C=O) groups is 3.